The van der Waals surface area contributed by atoms with Gasteiger partial charge in [-0.2, -0.15) is 17.4 Å². The van der Waals surface area contributed by atoms with Crippen molar-refractivity contribution in [3.63, 3.8) is 0 Å². The Morgan fingerprint density at radius 2 is 1.69 bits per heavy atom. The summed E-state index contributed by atoms with van der Waals surface area (Å²) in [5, 5.41) is 0. The fourth-order valence-electron chi connectivity index (χ4n) is 1.43. The standard InChI is InChI=1S/C11H18N2O2S/c1-3-13(4-2)16(14,15)12-10-11-8-6-5-7-9-11/h5-9,12H,3-4,10H2,1-2H3. The van der Waals surface area contributed by atoms with Crippen LogP contribution < -0.4 is 4.72 Å². The molecule has 0 heterocycles. The van der Waals surface area contributed by atoms with Crippen molar-refractivity contribution in [2.24, 2.45) is 0 Å². The zero-order valence-corrected chi connectivity index (χ0v) is 10.5. The van der Waals surface area contributed by atoms with E-state index in [1.54, 1.807) is 0 Å². The molecule has 0 atom stereocenters. The fraction of sp³-hybridized carbons (Fsp3) is 0.455. The topological polar surface area (TPSA) is 49.4 Å². The molecule has 0 aromatic heterocycles. The molecule has 0 spiro atoms. The van der Waals surface area contributed by atoms with Crippen molar-refractivity contribution in [2.45, 2.75) is 20.4 Å². The number of rotatable bonds is 6. The summed E-state index contributed by atoms with van der Waals surface area (Å²) in [5.74, 6) is 0. The van der Waals surface area contributed by atoms with Gasteiger partial charge in [-0.05, 0) is 5.56 Å². The van der Waals surface area contributed by atoms with Crippen LogP contribution in [0.1, 0.15) is 19.4 Å². The molecule has 16 heavy (non-hydrogen) atoms. The van der Waals surface area contributed by atoms with E-state index in [-0.39, 0.29) is 0 Å². The third-order valence-corrected chi connectivity index (χ3v) is 4.05. The second-order valence-electron chi connectivity index (χ2n) is 3.40. The second-order valence-corrected chi connectivity index (χ2v) is 5.15. The van der Waals surface area contributed by atoms with Gasteiger partial charge in [0.25, 0.3) is 10.2 Å². The van der Waals surface area contributed by atoms with Crippen LogP contribution >= 0.6 is 0 Å². The van der Waals surface area contributed by atoms with E-state index in [0.717, 1.165) is 5.56 Å². The summed E-state index contributed by atoms with van der Waals surface area (Å²) in [5.41, 5.74) is 0.957. The summed E-state index contributed by atoms with van der Waals surface area (Å²) < 4.78 is 27.5. The Balaban J connectivity index is 2.61. The Hall–Kier alpha value is -0.910. The normalized spacial score (nSPS) is 11.9. The smallest absolute Gasteiger partial charge is 0.198 e. The van der Waals surface area contributed by atoms with Gasteiger partial charge in [0.15, 0.2) is 0 Å². The molecule has 4 nitrogen and oxygen atoms in total. The highest BCUT2D eigenvalue weighted by atomic mass is 32.2. The Morgan fingerprint density at radius 3 is 2.19 bits per heavy atom. The van der Waals surface area contributed by atoms with Gasteiger partial charge in [-0.1, -0.05) is 44.2 Å². The summed E-state index contributed by atoms with van der Waals surface area (Å²) in [6, 6.07) is 9.47. The molecule has 0 aliphatic carbocycles. The van der Waals surface area contributed by atoms with Gasteiger partial charge in [0.05, 0.1) is 0 Å². The SMILES string of the molecule is CCN(CC)S(=O)(=O)NCc1ccccc1. The average Bonchev–Trinajstić information content (AvgIpc) is 2.29. The van der Waals surface area contributed by atoms with Crippen molar-refractivity contribution >= 4 is 10.2 Å². The van der Waals surface area contributed by atoms with Crippen LogP contribution in [0.4, 0.5) is 0 Å². The zero-order valence-electron chi connectivity index (χ0n) is 9.68. The maximum atomic E-state index is 11.8. The lowest BCUT2D eigenvalue weighted by atomic mass is 10.2. The molecule has 1 rings (SSSR count). The zero-order chi connectivity index (χ0) is 12.0. The Labute approximate surface area is 97.5 Å². The van der Waals surface area contributed by atoms with E-state index in [1.165, 1.54) is 4.31 Å². The molecule has 0 fully saturated rings. The summed E-state index contributed by atoms with van der Waals surface area (Å²) in [7, 11) is -3.34. The van der Waals surface area contributed by atoms with Gasteiger partial charge in [0, 0.05) is 19.6 Å². The maximum absolute atomic E-state index is 11.8. The van der Waals surface area contributed by atoms with E-state index in [1.807, 2.05) is 44.2 Å². The van der Waals surface area contributed by atoms with E-state index in [0.29, 0.717) is 19.6 Å². The van der Waals surface area contributed by atoms with Gasteiger partial charge in [0.1, 0.15) is 0 Å². The van der Waals surface area contributed by atoms with Gasteiger partial charge >= 0.3 is 0 Å². The van der Waals surface area contributed by atoms with Gasteiger partial charge in [-0.3, -0.25) is 0 Å². The summed E-state index contributed by atoms with van der Waals surface area (Å²) in [6.07, 6.45) is 0. The molecular formula is C11H18N2O2S. The highest BCUT2D eigenvalue weighted by Crippen LogP contribution is 2.01. The fourth-order valence-corrected chi connectivity index (χ4v) is 2.64. The maximum Gasteiger partial charge on any atom is 0.279 e. The van der Waals surface area contributed by atoms with Crippen LogP contribution in [0.25, 0.3) is 0 Å². The lowest BCUT2D eigenvalue weighted by molar-refractivity contribution is 0.434. The minimum Gasteiger partial charge on any atom is -0.198 e. The first-order valence-electron chi connectivity index (χ1n) is 5.38. The first kappa shape index (κ1) is 13.2. The number of nitrogens with zero attached hydrogens (tertiary/aromatic N) is 1. The first-order chi connectivity index (χ1) is 7.60. The van der Waals surface area contributed by atoms with Crippen molar-refractivity contribution in [2.75, 3.05) is 13.1 Å². The number of nitrogens with one attached hydrogen (secondary N) is 1. The van der Waals surface area contributed by atoms with Crippen LogP contribution in [0.3, 0.4) is 0 Å². The Morgan fingerprint density at radius 1 is 1.12 bits per heavy atom. The molecule has 0 amide bonds. The van der Waals surface area contributed by atoms with Crippen LogP contribution in [0.15, 0.2) is 30.3 Å². The van der Waals surface area contributed by atoms with Crippen molar-refractivity contribution in [1.82, 2.24) is 9.03 Å². The monoisotopic (exact) mass is 242 g/mol. The number of hydrogen-bond acceptors (Lipinski definition) is 2. The van der Waals surface area contributed by atoms with Crippen molar-refractivity contribution < 1.29 is 8.42 Å². The molecule has 0 aliphatic heterocycles. The summed E-state index contributed by atoms with van der Waals surface area (Å²) >= 11 is 0. The predicted molar refractivity (Wildman–Crippen MR) is 65.1 cm³/mol. The summed E-state index contributed by atoms with van der Waals surface area (Å²) in [6.45, 7) is 4.96. The van der Waals surface area contributed by atoms with E-state index in [9.17, 15) is 8.42 Å². The van der Waals surface area contributed by atoms with Gasteiger partial charge in [-0.25, -0.2) is 0 Å². The first-order valence-corrected chi connectivity index (χ1v) is 6.82. The molecule has 90 valence electrons. The van der Waals surface area contributed by atoms with Crippen LogP contribution in [0.5, 0.6) is 0 Å². The highest BCUT2D eigenvalue weighted by molar-refractivity contribution is 7.87. The molecule has 0 aliphatic rings. The van der Waals surface area contributed by atoms with Gasteiger partial charge in [0.2, 0.25) is 0 Å². The lowest BCUT2D eigenvalue weighted by Crippen LogP contribution is -2.40. The third-order valence-electron chi connectivity index (χ3n) is 2.35. The van der Waals surface area contributed by atoms with Crippen LogP contribution in [-0.2, 0) is 16.8 Å². The van der Waals surface area contributed by atoms with Crippen molar-refractivity contribution in [3.05, 3.63) is 35.9 Å². The largest absolute Gasteiger partial charge is 0.279 e. The quantitative estimate of drug-likeness (QED) is 0.819. The molecule has 0 saturated carbocycles. The third kappa shape index (κ3) is 3.59. The van der Waals surface area contributed by atoms with Crippen molar-refractivity contribution in [3.8, 4) is 0 Å². The minimum absolute atomic E-state index is 0.333. The summed E-state index contributed by atoms with van der Waals surface area (Å²) in [4.78, 5) is 0. The van der Waals surface area contributed by atoms with E-state index < -0.39 is 10.2 Å². The van der Waals surface area contributed by atoms with Crippen LogP contribution in [0.2, 0.25) is 0 Å². The lowest BCUT2D eigenvalue weighted by Gasteiger charge is -2.18. The predicted octanol–water partition coefficient (Wildman–Crippen LogP) is 1.36. The van der Waals surface area contributed by atoms with Gasteiger partial charge < -0.3 is 0 Å². The van der Waals surface area contributed by atoms with Gasteiger partial charge in [-0.15, -0.1) is 0 Å². The van der Waals surface area contributed by atoms with E-state index >= 15 is 0 Å². The average molecular weight is 242 g/mol. The molecule has 0 saturated heterocycles. The molecular weight excluding hydrogens is 224 g/mol. The molecule has 0 bridgehead atoms. The molecule has 5 heteroatoms. The van der Waals surface area contributed by atoms with E-state index in [4.69, 9.17) is 0 Å². The Kier molecular flexibility index (Phi) is 4.92. The molecule has 0 unspecified atom stereocenters. The Bertz CT molecular complexity index is 399. The van der Waals surface area contributed by atoms with E-state index in [2.05, 4.69) is 4.72 Å². The molecule has 1 N–H and O–H groups in total. The number of hydrogen-bond donors (Lipinski definition) is 1. The minimum atomic E-state index is -3.34. The molecule has 1 aromatic rings. The molecule has 0 radical (unpaired) electrons. The second kappa shape index (κ2) is 5.98. The number of benzene rings is 1. The van der Waals surface area contributed by atoms with Crippen LogP contribution in [0, 0.1) is 0 Å². The van der Waals surface area contributed by atoms with Crippen molar-refractivity contribution in [1.29, 1.82) is 0 Å². The highest BCUT2D eigenvalue weighted by Gasteiger charge is 2.17. The molecule has 1 aromatic carbocycles. The van der Waals surface area contributed by atoms with Crippen LogP contribution in [-0.4, -0.2) is 25.8 Å².